The van der Waals surface area contributed by atoms with E-state index in [1.54, 1.807) is 0 Å². The molecular weight excluding hydrogens is 238 g/mol. The van der Waals surface area contributed by atoms with Crippen molar-refractivity contribution in [2.45, 2.75) is 45.9 Å². The fourth-order valence-electron chi connectivity index (χ4n) is 2.60. The van der Waals surface area contributed by atoms with Gasteiger partial charge in [-0.05, 0) is 50.3 Å². The van der Waals surface area contributed by atoms with Gasteiger partial charge in [0.05, 0.1) is 24.0 Å². The number of hydrogen-bond acceptors (Lipinski definition) is 2. The molecule has 4 heteroatoms. The summed E-state index contributed by atoms with van der Waals surface area (Å²) in [5, 5.41) is 14.6. The monoisotopic (exact) mass is 259 g/mol. The summed E-state index contributed by atoms with van der Waals surface area (Å²) in [7, 11) is 0. The van der Waals surface area contributed by atoms with Gasteiger partial charge in [0.15, 0.2) is 0 Å². The van der Waals surface area contributed by atoms with E-state index >= 15 is 0 Å². The molecule has 1 unspecified atom stereocenters. The predicted octanol–water partition coefficient (Wildman–Crippen LogP) is 2.50. The lowest BCUT2D eigenvalue weighted by Crippen LogP contribution is -2.07. The lowest BCUT2D eigenvalue weighted by atomic mass is 10.1. The highest BCUT2D eigenvalue weighted by Gasteiger charge is 2.31. The highest BCUT2D eigenvalue weighted by Crippen LogP contribution is 2.40. The average Bonchev–Trinajstić information content (AvgIpc) is 3.04. The fourth-order valence-corrected chi connectivity index (χ4v) is 2.60. The molecule has 0 amide bonds. The third kappa shape index (κ3) is 2.59. The Morgan fingerprint density at radius 2 is 2.26 bits per heavy atom. The van der Waals surface area contributed by atoms with Crippen molar-refractivity contribution < 1.29 is 5.11 Å². The van der Waals surface area contributed by atoms with Crippen molar-refractivity contribution >= 4 is 0 Å². The Balaban J connectivity index is 1.75. The van der Waals surface area contributed by atoms with Gasteiger partial charge in [-0.3, -0.25) is 4.68 Å². The summed E-state index contributed by atoms with van der Waals surface area (Å²) >= 11 is 0. The van der Waals surface area contributed by atoms with Gasteiger partial charge in [-0.15, -0.1) is 0 Å². The van der Waals surface area contributed by atoms with E-state index in [1.165, 1.54) is 5.69 Å². The molecule has 1 atom stereocenters. The molecule has 2 heterocycles. The Morgan fingerprint density at radius 3 is 2.95 bits per heavy atom. The lowest BCUT2D eigenvalue weighted by molar-refractivity contribution is 0.154. The summed E-state index contributed by atoms with van der Waals surface area (Å²) in [6.45, 7) is 5.83. The number of nitrogens with zero attached hydrogens (tertiary/aromatic N) is 3. The highest BCUT2D eigenvalue weighted by atomic mass is 16.3. The minimum atomic E-state index is -0.279. The van der Waals surface area contributed by atoms with Crippen LogP contribution < -0.4 is 0 Å². The van der Waals surface area contributed by atoms with Gasteiger partial charge in [-0.1, -0.05) is 0 Å². The van der Waals surface area contributed by atoms with Crippen LogP contribution in [-0.4, -0.2) is 19.5 Å². The maximum Gasteiger partial charge on any atom is 0.0832 e. The Labute approximate surface area is 113 Å². The van der Waals surface area contributed by atoms with Crippen molar-refractivity contribution in [1.82, 2.24) is 14.3 Å². The first kappa shape index (κ1) is 12.5. The molecule has 2 aromatic heterocycles. The maximum absolute atomic E-state index is 10.1. The van der Waals surface area contributed by atoms with Crippen LogP contribution in [0.1, 0.15) is 42.8 Å². The molecule has 1 aliphatic rings. The summed E-state index contributed by atoms with van der Waals surface area (Å²) in [6.07, 6.45) is 6.15. The zero-order valence-corrected chi connectivity index (χ0v) is 11.6. The molecule has 0 bridgehead atoms. The van der Waals surface area contributed by atoms with Gasteiger partial charge in [0.1, 0.15) is 0 Å². The number of aliphatic hydroxyl groups is 1. The van der Waals surface area contributed by atoms with Gasteiger partial charge in [0.25, 0.3) is 0 Å². The van der Waals surface area contributed by atoms with Crippen LogP contribution in [0.3, 0.4) is 0 Å². The fraction of sp³-hybridized carbons (Fsp3) is 0.533. The van der Waals surface area contributed by atoms with E-state index in [4.69, 9.17) is 0 Å². The van der Waals surface area contributed by atoms with Crippen LogP contribution in [0.15, 0.2) is 24.5 Å². The van der Waals surface area contributed by atoms with Crippen LogP contribution in [0.2, 0.25) is 0 Å². The minimum absolute atomic E-state index is 0.279. The topological polar surface area (TPSA) is 43.0 Å². The third-order valence-corrected chi connectivity index (χ3v) is 3.81. The van der Waals surface area contributed by atoms with Crippen molar-refractivity contribution in [2.75, 3.05) is 0 Å². The average molecular weight is 259 g/mol. The zero-order valence-electron chi connectivity index (χ0n) is 11.6. The lowest BCUT2D eigenvalue weighted by Gasteiger charge is -2.07. The van der Waals surface area contributed by atoms with Crippen molar-refractivity contribution in [3.8, 4) is 0 Å². The number of hydrogen-bond donors (Lipinski definition) is 1. The molecule has 1 aliphatic carbocycles. The van der Waals surface area contributed by atoms with Crippen LogP contribution in [0.4, 0.5) is 0 Å². The number of aryl methyl sites for hydroxylation is 2. The third-order valence-electron chi connectivity index (χ3n) is 3.81. The van der Waals surface area contributed by atoms with Crippen molar-refractivity contribution in [3.05, 3.63) is 41.5 Å². The van der Waals surface area contributed by atoms with Crippen molar-refractivity contribution in [2.24, 2.45) is 5.92 Å². The Hall–Kier alpha value is -1.55. The van der Waals surface area contributed by atoms with E-state index in [2.05, 4.69) is 28.9 Å². The van der Waals surface area contributed by atoms with E-state index in [0.717, 1.165) is 37.2 Å². The first-order chi connectivity index (χ1) is 9.17. The van der Waals surface area contributed by atoms with Gasteiger partial charge >= 0.3 is 0 Å². The van der Waals surface area contributed by atoms with E-state index < -0.39 is 0 Å². The molecule has 0 spiro atoms. The molecule has 19 heavy (non-hydrogen) atoms. The van der Waals surface area contributed by atoms with E-state index in [0.29, 0.717) is 5.92 Å². The molecule has 1 fully saturated rings. The summed E-state index contributed by atoms with van der Waals surface area (Å²) in [4.78, 5) is 0. The normalized spacial score (nSPS) is 16.8. The van der Waals surface area contributed by atoms with Gasteiger partial charge < -0.3 is 9.67 Å². The smallest absolute Gasteiger partial charge is 0.0832 e. The second-order valence-corrected chi connectivity index (χ2v) is 5.49. The van der Waals surface area contributed by atoms with Crippen molar-refractivity contribution in [1.29, 1.82) is 0 Å². The van der Waals surface area contributed by atoms with E-state index in [-0.39, 0.29) is 6.10 Å². The van der Waals surface area contributed by atoms with Crippen LogP contribution in [0.5, 0.6) is 0 Å². The zero-order chi connectivity index (χ0) is 13.4. The van der Waals surface area contributed by atoms with Gasteiger partial charge in [-0.2, -0.15) is 5.10 Å². The first-order valence-corrected chi connectivity index (χ1v) is 7.04. The van der Waals surface area contributed by atoms with E-state index in [1.807, 2.05) is 23.9 Å². The summed E-state index contributed by atoms with van der Waals surface area (Å²) in [5.74, 6) is 0.485. The quantitative estimate of drug-likeness (QED) is 0.896. The predicted molar refractivity (Wildman–Crippen MR) is 73.9 cm³/mol. The largest absolute Gasteiger partial charge is 0.388 e. The molecule has 1 saturated carbocycles. The maximum atomic E-state index is 10.1. The molecule has 102 valence electrons. The van der Waals surface area contributed by atoms with Gasteiger partial charge in [0, 0.05) is 18.9 Å². The highest BCUT2D eigenvalue weighted by molar-refractivity contribution is 5.18. The molecule has 0 radical (unpaired) electrons. The molecular formula is C15H21N3O. The van der Waals surface area contributed by atoms with Crippen LogP contribution >= 0.6 is 0 Å². The standard InChI is InChI=1S/C15H21N3O/c1-3-18-14(8-11(2)16-18)10-17-7-6-13(9-17)15(19)12-4-5-12/h6-9,12,15,19H,3-5,10H2,1-2H3. The molecule has 3 rings (SSSR count). The second-order valence-electron chi connectivity index (χ2n) is 5.49. The van der Waals surface area contributed by atoms with Crippen LogP contribution in [-0.2, 0) is 13.1 Å². The number of aromatic nitrogens is 3. The van der Waals surface area contributed by atoms with Crippen LogP contribution in [0, 0.1) is 12.8 Å². The summed E-state index contributed by atoms with van der Waals surface area (Å²) in [6, 6.07) is 4.16. The Bertz CT molecular complexity index is 566. The second kappa shape index (κ2) is 4.85. The van der Waals surface area contributed by atoms with Gasteiger partial charge in [0.2, 0.25) is 0 Å². The van der Waals surface area contributed by atoms with Crippen molar-refractivity contribution in [3.63, 3.8) is 0 Å². The molecule has 4 nitrogen and oxygen atoms in total. The molecule has 0 aromatic carbocycles. The first-order valence-electron chi connectivity index (χ1n) is 7.04. The molecule has 1 N–H and O–H groups in total. The number of aliphatic hydroxyl groups excluding tert-OH is 1. The van der Waals surface area contributed by atoms with Crippen LogP contribution in [0.25, 0.3) is 0 Å². The minimum Gasteiger partial charge on any atom is -0.388 e. The Kier molecular flexibility index (Phi) is 3.19. The Morgan fingerprint density at radius 1 is 1.47 bits per heavy atom. The van der Waals surface area contributed by atoms with Gasteiger partial charge in [-0.25, -0.2) is 0 Å². The number of rotatable bonds is 5. The summed E-state index contributed by atoms with van der Waals surface area (Å²) in [5.41, 5.74) is 3.31. The molecule has 0 aliphatic heterocycles. The summed E-state index contributed by atoms with van der Waals surface area (Å²) < 4.78 is 4.16. The molecule has 0 saturated heterocycles. The van der Waals surface area contributed by atoms with E-state index in [9.17, 15) is 5.11 Å². The molecule has 2 aromatic rings. The SMILES string of the molecule is CCn1nc(C)cc1Cn1ccc(C(O)C2CC2)c1.